The molecule has 0 unspecified atom stereocenters. The summed E-state index contributed by atoms with van der Waals surface area (Å²) < 4.78 is 8.81. The first-order valence-corrected chi connectivity index (χ1v) is 19.1. The van der Waals surface area contributed by atoms with Crippen molar-refractivity contribution in [1.29, 1.82) is 0 Å². The van der Waals surface area contributed by atoms with Crippen LogP contribution >= 0.6 is 0 Å². The molecule has 2 aromatic heterocycles. The average molecular weight is 915 g/mol. The number of fused-ring (bicyclic) bond motifs is 3. The number of pyridine rings is 1. The Kier molecular flexibility index (Phi) is 10.6. The van der Waals surface area contributed by atoms with Crippen LogP contribution in [0.2, 0.25) is 0 Å². The number of ether oxygens (including phenoxy) is 1. The van der Waals surface area contributed by atoms with Gasteiger partial charge in [0.1, 0.15) is 0 Å². The monoisotopic (exact) mass is 914 g/mol. The maximum Gasteiger partial charge on any atom is 0.243 e. The standard InChI is InChI=1S/C49H48BN4O.Pt/c1-29-22-31(3)45(32(4)23-29)50(46-33(5)24-30(2)25-34(46)6)47-35(7)37(9)49(38(10)36(47)8)54-43-18-17-41(27-42(43)48-44(54)16-13-19-51-48)55-40-15-12-14-39(26-40)53-21-20-52(11)28-53;/h12-25,28H,1-11H3;/q-3;. The zero-order valence-electron chi connectivity index (χ0n) is 34.3. The van der Waals surface area contributed by atoms with Gasteiger partial charge in [0.25, 0.3) is 0 Å². The third-order valence-electron chi connectivity index (χ3n) is 11.6. The molecule has 3 heterocycles. The molecule has 1 aliphatic rings. The first-order chi connectivity index (χ1) is 26.3. The predicted octanol–water partition coefficient (Wildman–Crippen LogP) is 9.51. The van der Waals surface area contributed by atoms with E-state index in [1.165, 1.54) is 77.7 Å². The molecule has 8 rings (SSSR count). The summed E-state index contributed by atoms with van der Waals surface area (Å²) >= 11 is 0. The van der Waals surface area contributed by atoms with Crippen LogP contribution in [-0.4, -0.2) is 28.2 Å². The van der Waals surface area contributed by atoms with Crippen molar-refractivity contribution >= 4 is 50.7 Å². The quantitative estimate of drug-likeness (QED) is 0.118. The molecule has 0 saturated carbocycles. The topological polar surface area (TPSA) is 33.5 Å². The molecular formula is C49H48BN4OPt-3. The second-order valence-corrected chi connectivity index (χ2v) is 15.6. The third-order valence-corrected chi connectivity index (χ3v) is 11.6. The Morgan fingerprint density at radius 2 is 1.21 bits per heavy atom. The van der Waals surface area contributed by atoms with E-state index in [1.54, 1.807) is 0 Å². The molecule has 286 valence electrons. The van der Waals surface area contributed by atoms with Crippen LogP contribution in [0.3, 0.4) is 0 Å². The minimum absolute atomic E-state index is 0. The number of nitrogens with zero attached hydrogens (tertiary/aromatic N) is 4. The van der Waals surface area contributed by atoms with Gasteiger partial charge in [0.2, 0.25) is 6.71 Å². The van der Waals surface area contributed by atoms with Crippen LogP contribution in [0.4, 0.5) is 5.69 Å². The summed E-state index contributed by atoms with van der Waals surface area (Å²) in [4.78, 5) is 8.94. The van der Waals surface area contributed by atoms with Crippen molar-refractivity contribution in [2.75, 3.05) is 11.9 Å². The van der Waals surface area contributed by atoms with Crippen LogP contribution in [0, 0.1) is 88.0 Å². The van der Waals surface area contributed by atoms with Gasteiger partial charge in [-0.25, -0.2) is 0 Å². The fraction of sp³-hybridized carbons (Fsp3) is 0.224. The molecule has 0 fully saturated rings. The molecule has 0 spiro atoms. The Labute approximate surface area is 347 Å². The van der Waals surface area contributed by atoms with E-state index >= 15 is 0 Å². The summed E-state index contributed by atoms with van der Waals surface area (Å²) in [7, 11) is 2.00. The van der Waals surface area contributed by atoms with Gasteiger partial charge in [-0.1, -0.05) is 103 Å². The summed E-state index contributed by atoms with van der Waals surface area (Å²) in [6.07, 6.45) is 5.87. The SMILES string of the molecule is Cc1cc(C)c(B(c2c(C)cc(C)cc2C)c2c(C)c(C)c(-n3c4ccc(Oc5[c-]c(N6C=CN(C)[CH-]6)ccc5)[c-]c4c4ncccc43)c(C)c2C)c(C)c1.[Pt]. The molecule has 56 heavy (non-hydrogen) atoms. The van der Waals surface area contributed by atoms with Gasteiger partial charge in [-0.05, 0) is 117 Å². The van der Waals surface area contributed by atoms with Crippen molar-refractivity contribution in [1.82, 2.24) is 14.5 Å². The molecule has 1 aliphatic heterocycles. The Hall–Kier alpha value is -5.06. The van der Waals surface area contributed by atoms with E-state index in [1.807, 2.05) is 72.4 Å². The second kappa shape index (κ2) is 15.1. The number of anilines is 1. The molecule has 0 atom stereocenters. The average Bonchev–Trinajstić information content (AvgIpc) is 3.71. The predicted molar refractivity (Wildman–Crippen MR) is 231 cm³/mol. The van der Waals surface area contributed by atoms with Crippen molar-refractivity contribution in [2.45, 2.75) is 69.2 Å². The number of rotatable bonds is 7. The molecule has 0 amide bonds. The fourth-order valence-corrected chi connectivity index (χ4v) is 9.21. The minimum atomic E-state index is 0. The van der Waals surface area contributed by atoms with Crippen molar-refractivity contribution in [3.05, 3.63) is 160 Å². The van der Waals surface area contributed by atoms with Gasteiger partial charge in [-0.2, -0.15) is 12.7 Å². The summed E-state index contributed by atoms with van der Waals surface area (Å²) in [6, 6.07) is 30.7. The Morgan fingerprint density at radius 3 is 1.79 bits per heavy atom. The molecule has 0 saturated heterocycles. The van der Waals surface area contributed by atoms with Crippen molar-refractivity contribution in [2.24, 2.45) is 0 Å². The van der Waals surface area contributed by atoms with E-state index in [0.29, 0.717) is 11.5 Å². The Morgan fingerprint density at radius 1 is 0.625 bits per heavy atom. The fourth-order valence-electron chi connectivity index (χ4n) is 9.21. The summed E-state index contributed by atoms with van der Waals surface area (Å²) in [5.74, 6) is 1.25. The van der Waals surface area contributed by atoms with Crippen LogP contribution in [0.1, 0.15) is 55.6 Å². The summed E-state index contributed by atoms with van der Waals surface area (Å²) in [5.41, 5.74) is 22.4. The Bertz CT molecular complexity index is 2580. The Balaban J connectivity index is 0.00000480. The first kappa shape index (κ1) is 39.2. The number of hydrogen-bond donors (Lipinski definition) is 0. The second-order valence-electron chi connectivity index (χ2n) is 15.6. The van der Waals surface area contributed by atoms with Gasteiger partial charge in [0.05, 0.1) is 0 Å². The van der Waals surface area contributed by atoms with Crippen LogP contribution < -0.4 is 26.0 Å². The summed E-state index contributed by atoms with van der Waals surface area (Å²) in [5, 5.41) is 0.926. The van der Waals surface area contributed by atoms with E-state index in [9.17, 15) is 0 Å². The molecule has 0 bridgehead atoms. The van der Waals surface area contributed by atoms with Crippen molar-refractivity contribution in [3.8, 4) is 17.2 Å². The maximum atomic E-state index is 6.42. The van der Waals surface area contributed by atoms with Crippen LogP contribution in [0.25, 0.3) is 27.6 Å². The molecule has 0 radical (unpaired) electrons. The smallest absolute Gasteiger partial charge is 0.243 e. The van der Waals surface area contributed by atoms with Gasteiger partial charge in [-0.3, -0.25) is 0 Å². The van der Waals surface area contributed by atoms with E-state index in [0.717, 1.165) is 27.6 Å². The van der Waals surface area contributed by atoms with Gasteiger partial charge in [-0.15, -0.1) is 30.0 Å². The van der Waals surface area contributed by atoms with E-state index < -0.39 is 0 Å². The zero-order chi connectivity index (χ0) is 38.9. The van der Waals surface area contributed by atoms with Crippen LogP contribution in [0.15, 0.2) is 85.3 Å². The first-order valence-electron chi connectivity index (χ1n) is 19.1. The molecule has 7 aromatic rings. The molecule has 5 nitrogen and oxygen atoms in total. The van der Waals surface area contributed by atoms with E-state index in [4.69, 9.17) is 9.72 Å². The number of hydrogen-bond acceptors (Lipinski definition) is 4. The summed E-state index contributed by atoms with van der Waals surface area (Å²) in [6.45, 7) is 24.9. The van der Waals surface area contributed by atoms with Crippen LogP contribution in [-0.2, 0) is 21.1 Å². The van der Waals surface area contributed by atoms with Gasteiger partial charge >= 0.3 is 0 Å². The number of benzene rings is 5. The molecular weight excluding hydrogens is 866 g/mol. The molecule has 7 heteroatoms. The molecule has 0 aliphatic carbocycles. The van der Waals surface area contributed by atoms with Crippen LogP contribution in [0.5, 0.6) is 11.5 Å². The van der Waals surface area contributed by atoms with Crippen molar-refractivity contribution in [3.63, 3.8) is 0 Å². The van der Waals surface area contributed by atoms with Gasteiger partial charge in [0, 0.05) is 55.5 Å². The maximum absolute atomic E-state index is 6.42. The minimum Gasteiger partial charge on any atom is -0.510 e. The van der Waals surface area contributed by atoms with Crippen molar-refractivity contribution < 1.29 is 25.8 Å². The van der Waals surface area contributed by atoms with E-state index in [-0.39, 0.29) is 27.8 Å². The molecule has 0 N–H and O–H groups in total. The third kappa shape index (κ3) is 6.66. The van der Waals surface area contributed by atoms with E-state index in [2.05, 4.69) is 122 Å². The van der Waals surface area contributed by atoms with Gasteiger partial charge in [0.15, 0.2) is 0 Å². The number of aryl methyl sites for hydroxylation is 6. The van der Waals surface area contributed by atoms with Gasteiger partial charge < -0.3 is 24.1 Å². The normalized spacial score (nSPS) is 12.6. The number of aromatic nitrogens is 2. The zero-order valence-corrected chi connectivity index (χ0v) is 36.5. The molecule has 5 aromatic carbocycles. The largest absolute Gasteiger partial charge is 0.510 e.